The molecule has 7 nitrogen and oxygen atoms in total. The number of nitro benzene ring substituents is 1. The van der Waals surface area contributed by atoms with Gasteiger partial charge in [0.2, 0.25) is 5.75 Å². The van der Waals surface area contributed by atoms with Gasteiger partial charge in [-0.2, -0.15) is 0 Å². The first-order valence-corrected chi connectivity index (χ1v) is 6.23. The fourth-order valence-electron chi connectivity index (χ4n) is 1.87. The van der Waals surface area contributed by atoms with Crippen molar-refractivity contribution < 1.29 is 24.0 Å². The Kier molecular flexibility index (Phi) is 5.20. The summed E-state index contributed by atoms with van der Waals surface area (Å²) in [5, 5.41) is 22.6. The Morgan fingerprint density at radius 1 is 1.62 bits per heavy atom. The van der Waals surface area contributed by atoms with Gasteiger partial charge in [0.15, 0.2) is 5.82 Å². The van der Waals surface area contributed by atoms with Crippen molar-refractivity contribution >= 4 is 11.7 Å². The van der Waals surface area contributed by atoms with Crippen LogP contribution in [0.4, 0.5) is 10.1 Å². The summed E-state index contributed by atoms with van der Waals surface area (Å²) in [7, 11) is 1.48. The fraction of sp³-hybridized carbons (Fsp3) is 0.462. The van der Waals surface area contributed by atoms with Gasteiger partial charge in [-0.3, -0.25) is 14.9 Å². The number of carboxylic acids is 1. The molecule has 2 unspecified atom stereocenters. The van der Waals surface area contributed by atoms with Gasteiger partial charge < -0.3 is 15.2 Å². The van der Waals surface area contributed by atoms with Crippen LogP contribution in [-0.4, -0.2) is 34.7 Å². The van der Waals surface area contributed by atoms with Crippen molar-refractivity contribution in [1.29, 1.82) is 0 Å². The van der Waals surface area contributed by atoms with E-state index in [0.717, 1.165) is 12.1 Å². The molecule has 0 saturated heterocycles. The van der Waals surface area contributed by atoms with E-state index in [0.29, 0.717) is 0 Å². The molecule has 0 bridgehead atoms. The number of nitrogens with one attached hydrogen (secondary N) is 1. The van der Waals surface area contributed by atoms with Gasteiger partial charge in [0.1, 0.15) is 5.54 Å². The number of nitrogens with zero attached hydrogens (tertiary/aromatic N) is 1. The highest BCUT2D eigenvalue weighted by Gasteiger charge is 2.34. The first-order chi connectivity index (χ1) is 9.71. The van der Waals surface area contributed by atoms with Crippen LogP contribution in [0.15, 0.2) is 18.2 Å². The Hall–Kier alpha value is -2.22. The zero-order valence-corrected chi connectivity index (χ0v) is 11.9. The van der Waals surface area contributed by atoms with Gasteiger partial charge in [0.05, 0.1) is 11.0 Å². The van der Waals surface area contributed by atoms with Crippen molar-refractivity contribution in [2.75, 3.05) is 7.05 Å². The monoisotopic (exact) mass is 300 g/mol. The summed E-state index contributed by atoms with van der Waals surface area (Å²) in [6, 6.07) is 3.38. The van der Waals surface area contributed by atoms with E-state index in [1.165, 1.54) is 27.0 Å². The van der Waals surface area contributed by atoms with E-state index in [1.54, 1.807) is 0 Å². The molecule has 2 atom stereocenters. The maximum atomic E-state index is 13.7. The summed E-state index contributed by atoms with van der Waals surface area (Å²) >= 11 is 0. The first-order valence-electron chi connectivity index (χ1n) is 6.23. The molecular formula is C13H17FN2O5. The molecule has 0 saturated carbocycles. The van der Waals surface area contributed by atoms with Crippen molar-refractivity contribution in [3.05, 3.63) is 34.1 Å². The third-order valence-electron chi connectivity index (χ3n) is 3.18. The van der Waals surface area contributed by atoms with Gasteiger partial charge in [-0.05, 0) is 27.0 Å². The van der Waals surface area contributed by atoms with Crippen LogP contribution in [0, 0.1) is 15.9 Å². The van der Waals surface area contributed by atoms with E-state index in [2.05, 4.69) is 5.32 Å². The molecule has 0 aliphatic rings. The van der Waals surface area contributed by atoms with E-state index in [-0.39, 0.29) is 6.42 Å². The minimum absolute atomic E-state index is 0.00429. The number of hydrogen-bond donors (Lipinski definition) is 2. The van der Waals surface area contributed by atoms with Gasteiger partial charge in [-0.15, -0.1) is 0 Å². The van der Waals surface area contributed by atoms with Crippen molar-refractivity contribution in [2.24, 2.45) is 0 Å². The van der Waals surface area contributed by atoms with Crippen LogP contribution in [-0.2, 0) is 4.79 Å². The Morgan fingerprint density at radius 3 is 2.71 bits per heavy atom. The molecule has 1 aromatic rings. The lowest BCUT2D eigenvalue weighted by atomic mass is 9.95. The molecule has 2 N–H and O–H groups in total. The van der Waals surface area contributed by atoms with Crippen molar-refractivity contribution in [3.8, 4) is 5.75 Å². The summed E-state index contributed by atoms with van der Waals surface area (Å²) in [6.45, 7) is 2.97. The van der Waals surface area contributed by atoms with Crippen LogP contribution >= 0.6 is 0 Å². The Bertz CT molecular complexity index is 551. The number of aliphatic carboxylic acids is 1. The normalized spacial score (nSPS) is 15.0. The van der Waals surface area contributed by atoms with Crippen LogP contribution in [0.25, 0.3) is 0 Å². The summed E-state index contributed by atoms with van der Waals surface area (Å²) in [4.78, 5) is 21.3. The Labute approximate surface area is 120 Å². The van der Waals surface area contributed by atoms with Crippen molar-refractivity contribution in [2.45, 2.75) is 31.9 Å². The second-order valence-corrected chi connectivity index (χ2v) is 4.87. The van der Waals surface area contributed by atoms with Gasteiger partial charge in [0.25, 0.3) is 0 Å². The van der Waals surface area contributed by atoms with E-state index >= 15 is 0 Å². The molecule has 1 aromatic carbocycles. The predicted octanol–water partition coefficient (Wildman–Crippen LogP) is 1.95. The maximum Gasteiger partial charge on any atom is 0.323 e. The number of para-hydroxylation sites is 1. The van der Waals surface area contributed by atoms with Gasteiger partial charge in [-0.25, -0.2) is 4.39 Å². The van der Waals surface area contributed by atoms with E-state index < -0.39 is 39.8 Å². The van der Waals surface area contributed by atoms with E-state index in [9.17, 15) is 19.3 Å². The summed E-state index contributed by atoms with van der Waals surface area (Å²) < 4.78 is 18.9. The standard InChI is InChI=1S/C13H17FN2O5/c1-8(7-13(2,15-3)12(17)18)21-11-9(14)5-4-6-10(11)16(19)20/h4-6,8,15H,7H2,1-3H3,(H,17,18). The molecule has 21 heavy (non-hydrogen) atoms. The molecule has 8 heteroatoms. The second-order valence-electron chi connectivity index (χ2n) is 4.87. The zero-order valence-electron chi connectivity index (χ0n) is 11.9. The lowest BCUT2D eigenvalue weighted by Crippen LogP contribution is -2.50. The summed E-state index contributed by atoms with van der Waals surface area (Å²) in [5.41, 5.74) is -1.78. The molecule has 0 spiro atoms. The Morgan fingerprint density at radius 2 is 2.24 bits per heavy atom. The van der Waals surface area contributed by atoms with Gasteiger partial charge in [-0.1, -0.05) is 6.07 Å². The van der Waals surface area contributed by atoms with Gasteiger partial charge >= 0.3 is 11.7 Å². The van der Waals surface area contributed by atoms with Crippen molar-refractivity contribution in [1.82, 2.24) is 5.32 Å². The quantitative estimate of drug-likeness (QED) is 0.589. The smallest absolute Gasteiger partial charge is 0.323 e. The van der Waals surface area contributed by atoms with Crippen LogP contribution in [0.5, 0.6) is 5.75 Å². The van der Waals surface area contributed by atoms with E-state index in [4.69, 9.17) is 9.84 Å². The molecule has 1 rings (SSSR count). The number of likely N-dealkylation sites (N-methyl/N-ethyl adjacent to an activating group) is 1. The Balaban J connectivity index is 2.96. The number of carbonyl (C=O) groups is 1. The third-order valence-corrected chi connectivity index (χ3v) is 3.18. The SMILES string of the molecule is CNC(C)(CC(C)Oc1c(F)cccc1[N+](=O)[O-])C(=O)O. The van der Waals surface area contributed by atoms with E-state index in [1.807, 2.05) is 0 Å². The number of halogens is 1. The average Bonchev–Trinajstić information content (AvgIpc) is 2.40. The van der Waals surface area contributed by atoms with Crippen LogP contribution in [0.2, 0.25) is 0 Å². The highest BCUT2D eigenvalue weighted by atomic mass is 19.1. The number of rotatable bonds is 7. The summed E-state index contributed by atoms with van der Waals surface area (Å²) in [5.74, 6) is -2.44. The predicted molar refractivity (Wildman–Crippen MR) is 72.9 cm³/mol. The molecular weight excluding hydrogens is 283 g/mol. The summed E-state index contributed by atoms with van der Waals surface area (Å²) in [6.07, 6.45) is -0.737. The number of nitro groups is 1. The first kappa shape index (κ1) is 16.8. The number of hydrogen-bond acceptors (Lipinski definition) is 5. The molecule has 0 amide bonds. The topological polar surface area (TPSA) is 102 Å². The number of ether oxygens (including phenoxy) is 1. The fourth-order valence-corrected chi connectivity index (χ4v) is 1.87. The zero-order chi connectivity index (χ0) is 16.2. The molecule has 0 fully saturated rings. The molecule has 0 aromatic heterocycles. The van der Waals surface area contributed by atoms with Crippen LogP contribution in [0.1, 0.15) is 20.3 Å². The number of benzene rings is 1. The molecule has 0 aliphatic carbocycles. The highest BCUT2D eigenvalue weighted by molar-refractivity contribution is 5.78. The minimum Gasteiger partial charge on any atom is -0.482 e. The maximum absolute atomic E-state index is 13.7. The third kappa shape index (κ3) is 3.88. The minimum atomic E-state index is -1.28. The lowest BCUT2D eigenvalue weighted by molar-refractivity contribution is -0.386. The molecule has 0 heterocycles. The molecule has 116 valence electrons. The largest absolute Gasteiger partial charge is 0.482 e. The lowest BCUT2D eigenvalue weighted by Gasteiger charge is -2.27. The average molecular weight is 300 g/mol. The van der Waals surface area contributed by atoms with Gasteiger partial charge in [0, 0.05) is 12.5 Å². The van der Waals surface area contributed by atoms with Crippen LogP contribution < -0.4 is 10.1 Å². The van der Waals surface area contributed by atoms with Crippen LogP contribution in [0.3, 0.4) is 0 Å². The molecule has 0 radical (unpaired) electrons. The molecule has 0 aliphatic heterocycles. The van der Waals surface area contributed by atoms with Crippen molar-refractivity contribution in [3.63, 3.8) is 0 Å². The highest BCUT2D eigenvalue weighted by Crippen LogP contribution is 2.31. The number of carboxylic acid groups (broad SMARTS) is 1. The second kappa shape index (κ2) is 6.49.